The smallest absolute Gasteiger partial charge is 0.190 e. The molecule has 30 heavy (non-hydrogen) atoms. The first-order valence-electron chi connectivity index (χ1n) is 10.8. The molecule has 5 fully saturated rings. The van der Waals surface area contributed by atoms with Gasteiger partial charge in [0.2, 0.25) is 0 Å². The molecule has 0 amide bonds. The zero-order valence-corrected chi connectivity index (χ0v) is 17.6. The summed E-state index contributed by atoms with van der Waals surface area (Å²) in [5.74, 6) is -1.44. The maximum absolute atomic E-state index is 6.35. The van der Waals surface area contributed by atoms with E-state index in [1.165, 1.54) is 0 Å². The molecule has 0 aromatic carbocycles. The van der Waals surface area contributed by atoms with Crippen LogP contribution in [0.5, 0.6) is 0 Å². The summed E-state index contributed by atoms with van der Waals surface area (Å²) in [5.41, 5.74) is 0.819. The molecule has 168 valence electrons. The van der Waals surface area contributed by atoms with E-state index in [1.54, 1.807) is 0 Å². The topological polar surface area (TPSA) is 95.4 Å². The van der Waals surface area contributed by atoms with Gasteiger partial charge in [0.25, 0.3) is 0 Å². The molecule has 0 aliphatic carbocycles. The number of nitrogens with zero attached hydrogens (tertiary/aromatic N) is 1. The van der Waals surface area contributed by atoms with Gasteiger partial charge in [-0.2, -0.15) is 0 Å². The Morgan fingerprint density at radius 2 is 1.50 bits per heavy atom. The molecule has 6 rings (SSSR count). The van der Waals surface area contributed by atoms with Crippen LogP contribution in [0.2, 0.25) is 0 Å². The van der Waals surface area contributed by atoms with Gasteiger partial charge in [0, 0.05) is 12.8 Å². The van der Waals surface area contributed by atoms with Crippen LogP contribution in [0.25, 0.3) is 0 Å². The van der Waals surface area contributed by atoms with Crippen molar-refractivity contribution in [3.63, 3.8) is 0 Å². The first kappa shape index (κ1) is 19.8. The first-order chi connectivity index (χ1) is 14.3. The molecular weight excluding hydrogens is 398 g/mol. The fourth-order valence-electron chi connectivity index (χ4n) is 5.13. The average Bonchev–Trinajstić information content (AvgIpc) is 3.40. The van der Waals surface area contributed by atoms with Crippen molar-refractivity contribution in [3.05, 3.63) is 0 Å². The van der Waals surface area contributed by atoms with E-state index in [0.717, 1.165) is 5.71 Å². The van der Waals surface area contributed by atoms with Crippen LogP contribution in [-0.2, 0) is 42.7 Å². The Labute approximate surface area is 175 Å². The zero-order valence-electron chi connectivity index (χ0n) is 17.6. The van der Waals surface area contributed by atoms with Crippen molar-refractivity contribution in [2.75, 3.05) is 13.2 Å². The number of hydrogen-bond donors (Lipinski definition) is 0. The van der Waals surface area contributed by atoms with Gasteiger partial charge in [-0.1, -0.05) is 5.16 Å². The van der Waals surface area contributed by atoms with Crippen molar-refractivity contribution in [1.29, 1.82) is 0 Å². The maximum Gasteiger partial charge on any atom is 0.190 e. The fourth-order valence-corrected chi connectivity index (χ4v) is 5.13. The molecule has 0 aromatic heterocycles. The van der Waals surface area contributed by atoms with Gasteiger partial charge < -0.3 is 42.7 Å². The highest BCUT2D eigenvalue weighted by atomic mass is 16.9. The van der Waals surface area contributed by atoms with E-state index >= 15 is 0 Å². The lowest BCUT2D eigenvalue weighted by Gasteiger charge is -2.29. The standard InChI is InChI=1S/C20H29NO9/c1-19(2)26-15-13-11(24-17(15)28-19)8-23-14-12(10-7-9(30-21-10)5-6-22-13)25-18-16(14)27-20(3,4)29-18/h9,11-18H,5-8H2,1-4H3/t9-,11+,12+,13-,14+,15+,16+,17+,18+/m0/s1. The molecule has 6 aliphatic heterocycles. The molecule has 0 saturated carbocycles. The summed E-state index contributed by atoms with van der Waals surface area (Å²) < 4.78 is 48.8. The molecule has 9 atom stereocenters. The van der Waals surface area contributed by atoms with E-state index in [4.69, 9.17) is 42.7 Å². The molecule has 10 nitrogen and oxygen atoms in total. The van der Waals surface area contributed by atoms with Crippen molar-refractivity contribution in [3.8, 4) is 0 Å². The second-order valence-electron chi connectivity index (χ2n) is 9.60. The Kier molecular flexibility index (Phi) is 4.50. The van der Waals surface area contributed by atoms with Crippen LogP contribution >= 0.6 is 0 Å². The number of rotatable bonds is 0. The van der Waals surface area contributed by atoms with Crippen molar-refractivity contribution >= 4 is 5.71 Å². The lowest BCUT2D eigenvalue weighted by molar-refractivity contribution is -0.231. The Morgan fingerprint density at radius 3 is 2.27 bits per heavy atom. The lowest BCUT2D eigenvalue weighted by Crippen LogP contribution is -2.45. The number of hydrogen-bond acceptors (Lipinski definition) is 10. The minimum atomic E-state index is -0.732. The molecule has 2 bridgehead atoms. The van der Waals surface area contributed by atoms with E-state index in [0.29, 0.717) is 26.1 Å². The zero-order chi connectivity index (χ0) is 20.7. The van der Waals surface area contributed by atoms with Crippen LogP contribution in [0.3, 0.4) is 0 Å². The van der Waals surface area contributed by atoms with Crippen LogP contribution in [0.4, 0.5) is 0 Å². The predicted octanol–water partition coefficient (Wildman–Crippen LogP) is 1.06. The largest absolute Gasteiger partial charge is 0.392 e. The minimum absolute atomic E-state index is 0.0591. The van der Waals surface area contributed by atoms with Crippen molar-refractivity contribution < 1.29 is 42.7 Å². The number of oxime groups is 1. The first-order valence-corrected chi connectivity index (χ1v) is 10.8. The molecule has 6 heterocycles. The third-order valence-corrected chi connectivity index (χ3v) is 6.37. The van der Waals surface area contributed by atoms with E-state index in [2.05, 4.69) is 5.16 Å². The van der Waals surface area contributed by atoms with Crippen LogP contribution in [-0.4, -0.2) is 85.8 Å². The minimum Gasteiger partial charge on any atom is -0.392 e. The third kappa shape index (κ3) is 3.29. The molecule has 0 spiro atoms. The van der Waals surface area contributed by atoms with E-state index in [9.17, 15) is 0 Å². The van der Waals surface area contributed by atoms with Gasteiger partial charge in [0.05, 0.1) is 18.9 Å². The van der Waals surface area contributed by atoms with Crippen LogP contribution in [0.15, 0.2) is 5.16 Å². The monoisotopic (exact) mass is 427 g/mol. The molecule has 10 heteroatoms. The molecule has 0 radical (unpaired) electrons. The third-order valence-electron chi connectivity index (χ3n) is 6.37. The summed E-state index contributed by atoms with van der Waals surface area (Å²) in [5, 5.41) is 4.28. The molecule has 0 unspecified atom stereocenters. The average molecular weight is 427 g/mol. The molecule has 5 saturated heterocycles. The maximum atomic E-state index is 6.35. The van der Waals surface area contributed by atoms with Crippen LogP contribution in [0.1, 0.15) is 40.5 Å². The summed E-state index contributed by atoms with van der Waals surface area (Å²) in [6.45, 7) is 8.28. The Bertz CT molecular complexity index is 727. The lowest BCUT2D eigenvalue weighted by atomic mass is 10.0. The highest BCUT2D eigenvalue weighted by molar-refractivity contribution is 5.90. The fraction of sp³-hybridized carbons (Fsp3) is 0.950. The van der Waals surface area contributed by atoms with Crippen molar-refractivity contribution in [2.45, 2.75) is 107 Å². The van der Waals surface area contributed by atoms with Crippen molar-refractivity contribution in [1.82, 2.24) is 0 Å². The highest BCUT2D eigenvalue weighted by Crippen LogP contribution is 2.42. The van der Waals surface area contributed by atoms with Gasteiger partial charge in [-0.25, -0.2) is 0 Å². The van der Waals surface area contributed by atoms with Crippen LogP contribution < -0.4 is 0 Å². The summed E-state index contributed by atoms with van der Waals surface area (Å²) >= 11 is 0. The predicted molar refractivity (Wildman–Crippen MR) is 98.4 cm³/mol. The van der Waals surface area contributed by atoms with Gasteiger partial charge in [0.15, 0.2) is 24.2 Å². The Morgan fingerprint density at radius 1 is 0.800 bits per heavy atom. The van der Waals surface area contributed by atoms with E-state index in [1.807, 2.05) is 27.7 Å². The quantitative estimate of drug-likeness (QED) is 0.562. The molecule has 0 aromatic rings. The van der Waals surface area contributed by atoms with E-state index in [-0.39, 0.29) is 42.7 Å². The van der Waals surface area contributed by atoms with Gasteiger partial charge in [0.1, 0.15) is 42.7 Å². The summed E-state index contributed by atoms with van der Waals surface area (Å²) in [6.07, 6.45) is -1.73. The van der Waals surface area contributed by atoms with Gasteiger partial charge in [-0.15, -0.1) is 0 Å². The highest BCUT2D eigenvalue weighted by Gasteiger charge is 2.59. The molecule has 0 N–H and O–H groups in total. The van der Waals surface area contributed by atoms with Gasteiger partial charge >= 0.3 is 0 Å². The second kappa shape index (κ2) is 6.82. The van der Waals surface area contributed by atoms with Gasteiger partial charge in [-0.05, 0) is 27.7 Å². The Balaban J connectivity index is 1.25. The number of ether oxygens (including phenoxy) is 8. The Hall–Kier alpha value is -0.850. The van der Waals surface area contributed by atoms with Crippen molar-refractivity contribution in [2.24, 2.45) is 5.16 Å². The second-order valence-corrected chi connectivity index (χ2v) is 9.60. The van der Waals surface area contributed by atoms with Crippen LogP contribution in [0, 0.1) is 0 Å². The molecule has 6 aliphatic rings. The summed E-state index contributed by atoms with van der Waals surface area (Å²) in [7, 11) is 0. The number of fused-ring (bicyclic) bond motifs is 9. The summed E-state index contributed by atoms with van der Waals surface area (Å²) in [6, 6.07) is 0. The van der Waals surface area contributed by atoms with Gasteiger partial charge in [-0.3, -0.25) is 0 Å². The molecular formula is C20H29NO9. The van der Waals surface area contributed by atoms with E-state index < -0.39 is 24.2 Å². The summed E-state index contributed by atoms with van der Waals surface area (Å²) in [4.78, 5) is 5.64. The normalized spacial score (nSPS) is 51.1. The SMILES string of the molecule is CC1(C)O[C@H]2O[C@@H]3CO[C@H]4[C@H]5OC(C)(C)O[C@H]5O[C@@H]4C4=NO[C@@H](CCO[C@@H]3[C@H]2O1)C4.